The molecule has 1 atom stereocenters. The van der Waals surface area contributed by atoms with E-state index in [0.717, 1.165) is 12.8 Å². The number of aliphatic carboxylic acids is 1. The van der Waals surface area contributed by atoms with Gasteiger partial charge in [-0.3, -0.25) is 9.59 Å². The van der Waals surface area contributed by atoms with E-state index < -0.39 is 5.97 Å². The fraction of sp³-hybridized carbons (Fsp3) is 0.556. The molecule has 0 spiro atoms. The Morgan fingerprint density at radius 1 is 1.23 bits per heavy atom. The second-order valence-corrected chi connectivity index (χ2v) is 6.33. The van der Waals surface area contributed by atoms with E-state index in [2.05, 4.69) is 19.1 Å². The van der Waals surface area contributed by atoms with Gasteiger partial charge in [0.05, 0.1) is 5.92 Å². The molecule has 1 unspecified atom stereocenters. The molecule has 1 heterocycles. The van der Waals surface area contributed by atoms with Crippen LogP contribution in [0.5, 0.6) is 0 Å². The van der Waals surface area contributed by atoms with Crippen molar-refractivity contribution in [2.24, 2.45) is 11.8 Å². The lowest BCUT2D eigenvalue weighted by Crippen LogP contribution is -2.40. The molecule has 1 fully saturated rings. The Balaban J connectivity index is 1.71. The quantitative estimate of drug-likeness (QED) is 0.879. The molecule has 4 heteroatoms. The zero-order valence-electron chi connectivity index (χ0n) is 13.2. The Kier molecular flexibility index (Phi) is 5.99. The van der Waals surface area contributed by atoms with Crippen LogP contribution in [-0.2, 0) is 16.0 Å². The van der Waals surface area contributed by atoms with Crippen molar-refractivity contribution in [2.75, 3.05) is 13.1 Å². The van der Waals surface area contributed by atoms with E-state index in [0.29, 0.717) is 38.3 Å². The highest BCUT2D eigenvalue weighted by atomic mass is 16.4. The number of carboxylic acid groups (broad SMARTS) is 1. The van der Waals surface area contributed by atoms with Gasteiger partial charge in [0.1, 0.15) is 0 Å². The van der Waals surface area contributed by atoms with Gasteiger partial charge in [0.15, 0.2) is 0 Å². The molecule has 2 rings (SSSR count). The van der Waals surface area contributed by atoms with Crippen molar-refractivity contribution < 1.29 is 14.7 Å². The van der Waals surface area contributed by atoms with Gasteiger partial charge in [0.2, 0.25) is 5.91 Å². The lowest BCUT2D eigenvalue weighted by atomic mass is 9.95. The molecular formula is C18H25NO3. The summed E-state index contributed by atoms with van der Waals surface area (Å²) in [6.07, 6.45) is 3.72. The molecule has 22 heavy (non-hydrogen) atoms. The van der Waals surface area contributed by atoms with E-state index in [1.165, 1.54) is 5.56 Å². The average Bonchev–Trinajstić information content (AvgIpc) is 2.54. The molecule has 0 aromatic heterocycles. The minimum atomic E-state index is -0.733. The number of hydrogen-bond acceptors (Lipinski definition) is 2. The molecule has 1 saturated heterocycles. The van der Waals surface area contributed by atoms with Gasteiger partial charge in [-0.1, -0.05) is 37.3 Å². The van der Waals surface area contributed by atoms with Crippen molar-refractivity contribution in [1.82, 2.24) is 4.90 Å². The Morgan fingerprint density at radius 2 is 1.86 bits per heavy atom. The number of amides is 1. The third-order valence-electron chi connectivity index (χ3n) is 4.49. The first-order valence-electron chi connectivity index (χ1n) is 8.10. The monoisotopic (exact) mass is 303 g/mol. The molecule has 1 amide bonds. The molecule has 0 saturated carbocycles. The van der Waals surface area contributed by atoms with Crippen LogP contribution < -0.4 is 0 Å². The van der Waals surface area contributed by atoms with E-state index in [1.807, 2.05) is 23.1 Å². The first-order valence-corrected chi connectivity index (χ1v) is 8.10. The fourth-order valence-corrected chi connectivity index (χ4v) is 2.96. The van der Waals surface area contributed by atoms with E-state index in [-0.39, 0.29) is 11.8 Å². The number of benzene rings is 1. The van der Waals surface area contributed by atoms with E-state index >= 15 is 0 Å². The predicted molar refractivity (Wildman–Crippen MR) is 85.5 cm³/mol. The number of carbonyl (C=O) groups excluding carboxylic acids is 1. The van der Waals surface area contributed by atoms with Gasteiger partial charge in [-0.2, -0.15) is 0 Å². The van der Waals surface area contributed by atoms with Gasteiger partial charge in [-0.25, -0.2) is 0 Å². The largest absolute Gasteiger partial charge is 0.481 e. The van der Waals surface area contributed by atoms with Gasteiger partial charge >= 0.3 is 5.97 Å². The number of likely N-dealkylation sites (tertiary alicyclic amines) is 1. The number of carbonyl (C=O) groups is 2. The van der Waals surface area contributed by atoms with Crippen molar-refractivity contribution in [2.45, 2.75) is 39.0 Å². The minimum absolute atomic E-state index is 0.171. The normalized spacial score (nSPS) is 17.2. The van der Waals surface area contributed by atoms with Crippen LogP contribution in [0.25, 0.3) is 0 Å². The smallest absolute Gasteiger partial charge is 0.306 e. The van der Waals surface area contributed by atoms with Crippen LogP contribution in [0.2, 0.25) is 0 Å². The summed E-state index contributed by atoms with van der Waals surface area (Å²) in [5.41, 5.74) is 1.31. The van der Waals surface area contributed by atoms with Crippen molar-refractivity contribution >= 4 is 11.9 Å². The highest BCUT2D eigenvalue weighted by Crippen LogP contribution is 2.20. The maximum absolute atomic E-state index is 12.3. The van der Waals surface area contributed by atoms with Crippen LogP contribution in [0.1, 0.15) is 38.2 Å². The second-order valence-electron chi connectivity index (χ2n) is 6.33. The fourth-order valence-electron chi connectivity index (χ4n) is 2.96. The zero-order valence-corrected chi connectivity index (χ0v) is 13.2. The number of aryl methyl sites for hydroxylation is 1. The first kappa shape index (κ1) is 16.5. The van der Waals surface area contributed by atoms with Crippen molar-refractivity contribution in [3.8, 4) is 0 Å². The van der Waals surface area contributed by atoms with Crippen molar-refractivity contribution in [3.63, 3.8) is 0 Å². The SMILES string of the molecule is CC(CCc1ccccc1)CC(=O)N1CCC(C(=O)O)CC1. The molecular weight excluding hydrogens is 278 g/mol. The van der Waals surface area contributed by atoms with Crippen molar-refractivity contribution in [3.05, 3.63) is 35.9 Å². The summed E-state index contributed by atoms with van der Waals surface area (Å²) in [4.78, 5) is 25.0. The van der Waals surface area contributed by atoms with Crippen LogP contribution in [0.15, 0.2) is 30.3 Å². The van der Waals surface area contributed by atoms with Crippen LogP contribution in [-0.4, -0.2) is 35.0 Å². The number of nitrogens with zero attached hydrogens (tertiary/aromatic N) is 1. The Hall–Kier alpha value is -1.84. The highest BCUT2D eigenvalue weighted by molar-refractivity contribution is 5.77. The zero-order chi connectivity index (χ0) is 15.9. The van der Waals surface area contributed by atoms with Gasteiger partial charge in [0, 0.05) is 19.5 Å². The molecule has 1 aromatic carbocycles. The van der Waals surface area contributed by atoms with Gasteiger partial charge in [-0.15, -0.1) is 0 Å². The first-order chi connectivity index (χ1) is 10.6. The average molecular weight is 303 g/mol. The maximum atomic E-state index is 12.3. The number of rotatable bonds is 6. The van der Waals surface area contributed by atoms with E-state index in [1.54, 1.807) is 0 Å². The van der Waals surface area contributed by atoms with Gasteiger partial charge in [-0.05, 0) is 37.2 Å². The third-order valence-corrected chi connectivity index (χ3v) is 4.49. The molecule has 120 valence electrons. The third kappa shape index (κ3) is 4.86. The predicted octanol–water partition coefficient (Wildman–Crippen LogP) is 2.97. The summed E-state index contributed by atoms with van der Waals surface area (Å²) in [6, 6.07) is 10.3. The summed E-state index contributed by atoms with van der Waals surface area (Å²) < 4.78 is 0. The molecule has 0 radical (unpaired) electrons. The number of hydrogen-bond donors (Lipinski definition) is 1. The van der Waals surface area contributed by atoms with Gasteiger partial charge < -0.3 is 10.0 Å². The van der Waals surface area contributed by atoms with E-state index in [9.17, 15) is 9.59 Å². The maximum Gasteiger partial charge on any atom is 0.306 e. The molecule has 0 aliphatic carbocycles. The summed E-state index contributed by atoms with van der Waals surface area (Å²) >= 11 is 0. The second kappa shape index (κ2) is 7.97. The summed E-state index contributed by atoms with van der Waals surface area (Å²) in [5, 5.41) is 8.98. The molecule has 1 aromatic rings. The molecule has 4 nitrogen and oxygen atoms in total. The molecule has 0 bridgehead atoms. The number of carboxylic acids is 1. The summed E-state index contributed by atoms with van der Waals surface area (Å²) in [6.45, 7) is 3.28. The van der Waals surface area contributed by atoms with E-state index in [4.69, 9.17) is 5.11 Å². The summed E-state index contributed by atoms with van der Waals surface area (Å²) in [5.74, 6) is -0.489. The molecule has 1 aliphatic heterocycles. The molecule has 1 N–H and O–H groups in total. The molecule has 1 aliphatic rings. The van der Waals surface area contributed by atoms with Crippen LogP contribution in [0.3, 0.4) is 0 Å². The lowest BCUT2D eigenvalue weighted by Gasteiger charge is -2.31. The highest BCUT2D eigenvalue weighted by Gasteiger charge is 2.27. The Morgan fingerprint density at radius 3 is 2.45 bits per heavy atom. The van der Waals surface area contributed by atoms with Crippen molar-refractivity contribution in [1.29, 1.82) is 0 Å². The lowest BCUT2D eigenvalue weighted by molar-refractivity contribution is -0.145. The minimum Gasteiger partial charge on any atom is -0.481 e. The van der Waals surface area contributed by atoms with Crippen LogP contribution in [0.4, 0.5) is 0 Å². The Bertz CT molecular complexity index is 492. The van der Waals surface area contributed by atoms with Crippen LogP contribution in [0, 0.1) is 11.8 Å². The Labute approximate surface area is 132 Å². The topological polar surface area (TPSA) is 57.6 Å². The summed E-state index contributed by atoms with van der Waals surface area (Å²) in [7, 11) is 0. The number of piperidine rings is 1. The standard InChI is InChI=1S/C18H25NO3/c1-14(7-8-15-5-3-2-4-6-15)13-17(20)19-11-9-16(10-12-19)18(21)22/h2-6,14,16H,7-13H2,1H3,(H,21,22). The van der Waals surface area contributed by atoms with Gasteiger partial charge in [0.25, 0.3) is 0 Å². The van der Waals surface area contributed by atoms with Crippen LogP contribution >= 0.6 is 0 Å².